The van der Waals surface area contributed by atoms with Crippen LogP contribution in [0.2, 0.25) is 0 Å². The van der Waals surface area contributed by atoms with E-state index in [0.29, 0.717) is 12.0 Å². The summed E-state index contributed by atoms with van der Waals surface area (Å²) in [4.78, 5) is 23.6. The SMILES string of the molecule is N[C@@H](Cc1ccccc1)C(=O)OCCNC(=O)c1ccccc1. The maximum Gasteiger partial charge on any atom is 0.323 e. The molecule has 2 rings (SSSR count). The van der Waals surface area contributed by atoms with Gasteiger partial charge in [-0.1, -0.05) is 48.5 Å². The van der Waals surface area contributed by atoms with Crippen molar-refractivity contribution in [2.75, 3.05) is 13.2 Å². The third-order valence-corrected chi connectivity index (χ3v) is 3.27. The Morgan fingerprint density at radius 2 is 1.61 bits per heavy atom. The van der Waals surface area contributed by atoms with Crippen LogP contribution in [-0.2, 0) is 16.0 Å². The summed E-state index contributed by atoms with van der Waals surface area (Å²) in [5.74, 6) is -0.668. The van der Waals surface area contributed by atoms with Gasteiger partial charge in [0, 0.05) is 5.56 Å². The molecule has 0 fully saturated rings. The molecule has 1 amide bonds. The summed E-state index contributed by atoms with van der Waals surface area (Å²) < 4.78 is 5.08. The number of carbonyl (C=O) groups is 2. The number of nitrogens with two attached hydrogens (primary N) is 1. The van der Waals surface area contributed by atoms with Crippen LogP contribution in [0.25, 0.3) is 0 Å². The first-order valence-electron chi connectivity index (χ1n) is 7.46. The van der Waals surface area contributed by atoms with Crippen LogP contribution in [0.5, 0.6) is 0 Å². The average Bonchev–Trinajstić information content (AvgIpc) is 2.60. The van der Waals surface area contributed by atoms with Gasteiger partial charge in [0.1, 0.15) is 12.6 Å². The van der Waals surface area contributed by atoms with Crippen molar-refractivity contribution in [3.8, 4) is 0 Å². The van der Waals surface area contributed by atoms with Crippen LogP contribution in [0.15, 0.2) is 60.7 Å². The van der Waals surface area contributed by atoms with Crippen LogP contribution in [0, 0.1) is 0 Å². The number of hydrogen-bond donors (Lipinski definition) is 2. The van der Waals surface area contributed by atoms with Gasteiger partial charge in [-0.05, 0) is 24.1 Å². The highest BCUT2D eigenvalue weighted by Gasteiger charge is 2.15. The molecular weight excluding hydrogens is 292 g/mol. The first kappa shape index (κ1) is 16.7. The number of esters is 1. The largest absolute Gasteiger partial charge is 0.463 e. The molecule has 0 spiro atoms. The molecule has 0 aliphatic rings. The van der Waals surface area contributed by atoms with Crippen LogP contribution in [0.4, 0.5) is 0 Å². The molecule has 120 valence electrons. The number of benzene rings is 2. The van der Waals surface area contributed by atoms with Crippen molar-refractivity contribution in [3.05, 3.63) is 71.8 Å². The second-order valence-electron chi connectivity index (χ2n) is 5.09. The van der Waals surface area contributed by atoms with E-state index in [-0.39, 0.29) is 19.1 Å². The van der Waals surface area contributed by atoms with E-state index in [1.54, 1.807) is 24.3 Å². The van der Waals surface area contributed by atoms with E-state index >= 15 is 0 Å². The molecule has 0 aromatic heterocycles. The maximum absolute atomic E-state index is 11.8. The highest BCUT2D eigenvalue weighted by molar-refractivity contribution is 5.94. The van der Waals surface area contributed by atoms with Crippen molar-refractivity contribution < 1.29 is 14.3 Å². The molecule has 2 aromatic carbocycles. The summed E-state index contributed by atoms with van der Waals surface area (Å²) in [6.45, 7) is 0.345. The molecule has 0 saturated carbocycles. The van der Waals surface area contributed by atoms with Crippen LogP contribution in [-0.4, -0.2) is 31.1 Å². The zero-order valence-corrected chi connectivity index (χ0v) is 12.8. The lowest BCUT2D eigenvalue weighted by Crippen LogP contribution is -2.36. The molecule has 23 heavy (non-hydrogen) atoms. The lowest BCUT2D eigenvalue weighted by atomic mass is 10.1. The van der Waals surface area contributed by atoms with E-state index in [1.165, 1.54) is 0 Å². The predicted molar refractivity (Wildman–Crippen MR) is 87.9 cm³/mol. The van der Waals surface area contributed by atoms with Gasteiger partial charge in [-0.2, -0.15) is 0 Å². The zero-order chi connectivity index (χ0) is 16.5. The van der Waals surface area contributed by atoms with Gasteiger partial charge in [0.2, 0.25) is 0 Å². The topological polar surface area (TPSA) is 81.4 Å². The second-order valence-corrected chi connectivity index (χ2v) is 5.09. The number of rotatable bonds is 7. The second kappa shape index (κ2) is 8.70. The quantitative estimate of drug-likeness (QED) is 0.600. The molecule has 1 atom stereocenters. The van der Waals surface area contributed by atoms with Crippen LogP contribution < -0.4 is 11.1 Å². The Morgan fingerprint density at radius 3 is 2.26 bits per heavy atom. The van der Waals surface area contributed by atoms with E-state index < -0.39 is 12.0 Å². The summed E-state index contributed by atoms with van der Waals surface area (Å²) in [5, 5.41) is 2.69. The minimum atomic E-state index is -0.706. The van der Waals surface area contributed by atoms with Crippen molar-refractivity contribution in [1.29, 1.82) is 0 Å². The first-order valence-corrected chi connectivity index (χ1v) is 7.46. The highest BCUT2D eigenvalue weighted by atomic mass is 16.5. The van der Waals surface area contributed by atoms with Gasteiger partial charge in [0.15, 0.2) is 0 Å². The van der Waals surface area contributed by atoms with Crippen molar-refractivity contribution in [3.63, 3.8) is 0 Å². The molecule has 3 N–H and O–H groups in total. The Bertz CT molecular complexity index is 629. The molecule has 5 nitrogen and oxygen atoms in total. The summed E-state index contributed by atoms with van der Waals surface area (Å²) in [7, 11) is 0. The molecule has 0 bridgehead atoms. The predicted octanol–water partition coefficient (Wildman–Crippen LogP) is 1.53. The molecule has 0 radical (unpaired) electrons. The zero-order valence-electron chi connectivity index (χ0n) is 12.8. The Balaban J connectivity index is 1.67. The molecule has 0 aliphatic heterocycles. The molecule has 0 aliphatic carbocycles. The lowest BCUT2D eigenvalue weighted by molar-refractivity contribution is -0.145. The summed E-state index contributed by atoms with van der Waals surface area (Å²) >= 11 is 0. The first-order chi connectivity index (χ1) is 11.2. The maximum atomic E-state index is 11.8. The molecule has 0 unspecified atom stereocenters. The van der Waals surface area contributed by atoms with Gasteiger partial charge in [-0.3, -0.25) is 9.59 Å². The van der Waals surface area contributed by atoms with E-state index in [0.717, 1.165) is 5.56 Å². The van der Waals surface area contributed by atoms with E-state index in [9.17, 15) is 9.59 Å². The average molecular weight is 312 g/mol. The normalized spacial score (nSPS) is 11.5. The third-order valence-electron chi connectivity index (χ3n) is 3.27. The van der Waals surface area contributed by atoms with Gasteiger partial charge in [0.05, 0.1) is 6.54 Å². The summed E-state index contributed by atoms with van der Waals surface area (Å²) in [6.07, 6.45) is 0.427. The molecule has 5 heteroatoms. The summed E-state index contributed by atoms with van der Waals surface area (Å²) in [6, 6.07) is 17.7. The van der Waals surface area contributed by atoms with Gasteiger partial charge in [-0.15, -0.1) is 0 Å². The minimum Gasteiger partial charge on any atom is -0.463 e. The molecule has 0 heterocycles. The Hall–Kier alpha value is -2.66. The fourth-order valence-corrected chi connectivity index (χ4v) is 2.07. The van der Waals surface area contributed by atoms with Crippen LogP contribution >= 0.6 is 0 Å². The van der Waals surface area contributed by atoms with Crippen molar-refractivity contribution in [2.45, 2.75) is 12.5 Å². The number of carbonyl (C=O) groups excluding carboxylic acids is 2. The van der Waals surface area contributed by atoms with Crippen LogP contribution in [0.3, 0.4) is 0 Å². The monoisotopic (exact) mass is 312 g/mol. The van der Waals surface area contributed by atoms with E-state index in [1.807, 2.05) is 36.4 Å². The van der Waals surface area contributed by atoms with Crippen molar-refractivity contribution in [1.82, 2.24) is 5.32 Å². The lowest BCUT2D eigenvalue weighted by Gasteiger charge is -2.12. The van der Waals surface area contributed by atoms with Gasteiger partial charge >= 0.3 is 5.97 Å². The van der Waals surface area contributed by atoms with E-state index in [2.05, 4.69) is 5.32 Å². The number of hydrogen-bond acceptors (Lipinski definition) is 4. The highest BCUT2D eigenvalue weighted by Crippen LogP contribution is 2.03. The van der Waals surface area contributed by atoms with Crippen molar-refractivity contribution in [2.24, 2.45) is 5.73 Å². The molecule has 2 aromatic rings. The summed E-state index contributed by atoms with van der Waals surface area (Å²) in [5.41, 5.74) is 7.37. The standard InChI is InChI=1S/C18H20N2O3/c19-16(13-14-7-3-1-4-8-14)18(22)23-12-11-20-17(21)15-9-5-2-6-10-15/h1-10,16H,11-13,19H2,(H,20,21)/t16-/m0/s1. The van der Waals surface area contributed by atoms with Crippen molar-refractivity contribution >= 4 is 11.9 Å². The van der Waals surface area contributed by atoms with E-state index in [4.69, 9.17) is 10.5 Å². The van der Waals surface area contributed by atoms with Gasteiger partial charge < -0.3 is 15.8 Å². The fourth-order valence-electron chi connectivity index (χ4n) is 2.07. The number of amides is 1. The number of nitrogens with one attached hydrogen (secondary N) is 1. The van der Waals surface area contributed by atoms with Gasteiger partial charge in [0.25, 0.3) is 5.91 Å². The van der Waals surface area contributed by atoms with Crippen LogP contribution in [0.1, 0.15) is 15.9 Å². The number of ether oxygens (including phenoxy) is 1. The minimum absolute atomic E-state index is 0.0971. The Morgan fingerprint density at radius 1 is 1.00 bits per heavy atom. The van der Waals surface area contributed by atoms with Gasteiger partial charge in [-0.25, -0.2) is 0 Å². The smallest absolute Gasteiger partial charge is 0.323 e. The Kier molecular flexibility index (Phi) is 6.32. The Labute approximate surface area is 135 Å². The third kappa shape index (κ3) is 5.56. The fraction of sp³-hybridized carbons (Fsp3) is 0.222. The molecular formula is C18H20N2O3. The molecule has 0 saturated heterocycles.